The number of thioether (sulfide) groups is 1. The van der Waals surface area contributed by atoms with Crippen LogP contribution in [0.2, 0.25) is 0 Å². The highest BCUT2D eigenvalue weighted by atomic mass is 32.2. The molecule has 1 rings (SSSR count). The number of carboxylic acids is 1. The number of rotatable bonds is 6. The largest absolute Gasteiger partial charge is 0.480 e. The number of carbonyl (C=O) groups is 2. The van der Waals surface area contributed by atoms with Crippen molar-refractivity contribution in [3.8, 4) is 0 Å². The normalized spacial score (nSPS) is 13.0. The molecule has 0 aliphatic carbocycles. The zero-order chi connectivity index (χ0) is 14.5. The monoisotopic (exact) mass is 301 g/mol. The van der Waals surface area contributed by atoms with Gasteiger partial charge in [0.15, 0.2) is 0 Å². The number of thiophene rings is 1. The van der Waals surface area contributed by atoms with E-state index >= 15 is 0 Å². The van der Waals surface area contributed by atoms with E-state index in [0.29, 0.717) is 0 Å². The Hall–Kier alpha value is -1.01. The Kier molecular flexibility index (Phi) is 5.87. The van der Waals surface area contributed by atoms with Crippen LogP contribution in [0.15, 0.2) is 17.5 Å². The topological polar surface area (TPSA) is 66.4 Å². The molecule has 0 aliphatic heterocycles. The van der Waals surface area contributed by atoms with Gasteiger partial charge in [0.2, 0.25) is 5.91 Å². The van der Waals surface area contributed by atoms with Crippen LogP contribution in [-0.4, -0.2) is 28.8 Å². The van der Waals surface area contributed by atoms with Crippen LogP contribution in [0.25, 0.3) is 0 Å². The third kappa shape index (κ3) is 5.65. The van der Waals surface area contributed by atoms with Crippen molar-refractivity contribution < 1.29 is 14.7 Å². The summed E-state index contributed by atoms with van der Waals surface area (Å²) in [5.41, 5.74) is -0.500. The summed E-state index contributed by atoms with van der Waals surface area (Å²) in [6.07, 6.45) is 0. The Morgan fingerprint density at radius 1 is 1.47 bits per heavy atom. The molecule has 2 N–H and O–H groups in total. The lowest BCUT2D eigenvalue weighted by atomic mass is 9.87. The first-order valence-corrected chi connectivity index (χ1v) is 7.96. The number of amides is 1. The second-order valence-corrected chi connectivity index (χ2v) is 7.29. The number of hydrogen-bond donors (Lipinski definition) is 2. The second kappa shape index (κ2) is 6.96. The Morgan fingerprint density at radius 2 is 2.16 bits per heavy atom. The van der Waals surface area contributed by atoms with Crippen molar-refractivity contribution in [2.24, 2.45) is 5.41 Å². The molecule has 4 nitrogen and oxygen atoms in total. The summed E-state index contributed by atoms with van der Waals surface area (Å²) in [6.45, 7) is 5.39. The van der Waals surface area contributed by atoms with Gasteiger partial charge in [-0.3, -0.25) is 4.79 Å². The molecule has 1 amide bonds. The molecule has 0 spiro atoms. The number of hydrogen-bond acceptors (Lipinski definition) is 4. The Morgan fingerprint density at radius 3 is 2.63 bits per heavy atom. The van der Waals surface area contributed by atoms with E-state index in [1.807, 2.05) is 17.5 Å². The molecule has 1 heterocycles. The van der Waals surface area contributed by atoms with Crippen molar-refractivity contribution in [2.45, 2.75) is 32.6 Å². The smallest absolute Gasteiger partial charge is 0.326 e. The van der Waals surface area contributed by atoms with E-state index in [4.69, 9.17) is 5.11 Å². The number of carboxylic acid groups (broad SMARTS) is 1. The Labute approximate surface area is 121 Å². The van der Waals surface area contributed by atoms with E-state index in [1.165, 1.54) is 16.6 Å². The average Bonchev–Trinajstić information content (AvgIpc) is 2.77. The van der Waals surface area contributed by atoms with Gasteiger partial charge in [-0.25, -0.2) is 4.79 Å². The summed E-state index contributed by atoms with van der Waals surface area (Å²) in [5.74, 6) is -0.177. The molecule has 0 saturated carbocycles. The highest BCUT2D eigenvalue weighted by Gasteiger charge is 2.32. The number of aliphatic carboxylic acids is 1. The molecule has 0 bridgehead atoms. The van der Waals surface area contributed by atoms with Gasteiger partial charge in [-0.2, -0.15) is 0 Å². The van der Waals surface area contributed by atoms with Gasteiger partial charge in [0.25, 0.3) is 0 Å². The summed E-state index contributed by atoms with van der Waals surface area (Å²) in [6, 6.07) is 3.13. The van der Waals surface area contributed by atoms with Crippen LogP contribution in [0.3, 0.4) is 0 Å². The van der Waals surface area contributed by atoms with E-state index in [-0.39, 0.29) is 11.7 Å². The fraction of sp³-hybridized carbons (Fsp3) is 0.538. The number of carbonyl (C=O) groups excluding carboxylic acids is 1. The SMILES string of the molecule is CC(C)(C)[C@H](NC(=O)CSCc1cccs1)C(=O)O. The lowest BCUT2D eigenvalue weighted by molar-refractivity contribution is -0.144. The number of nitrogens with one attached hydrogen (secondary N) is 1. The molecule has 0 fully saturated rings. The zero-order valence-electron chi connectivity index (χ0n) is 11.3. The molecule has 19 heavy (non-hydrogen) atoms. The van der Waals surface area contributed by atoms with Gasteiger partial charge < -0.3 is 10.4 Å². The molecule has 0 aromatic carbocycles. The molecule has 0 saturated heterocycles. The van der Waals surface area contributed by atoms with E-state index in [9.17, 15) is 9.59 Å². The van der Waals surface area contributed by atoms with Gasteiger partial charge in [0.05, 0.1) is 5.75 Å². The van der Waals surface area contributed by atoms with Gasteiger partial charge in [-0.1, -0.05) is 26.8 Å². The van der Waals surface area contributed by atoms with Crippen LogP contribution in [0.1, 0.15) is 25.6 Å². The zero-order valence-corrected chi connectivity index (χ0v) is 12.9. The summed E-state index contributed by atoms with van der Waals surface area (Å²) in [7, 11) is 0. The van der Waals surface area contributed by atoms with Crippen LogP contribution in [0.4, 0.5) is 0 Å². The van der Waals surface area contributed by atoms with Crippen molar-refractivity contribution in [2.75, 3.05) is 5.75 Å². The fourth-order valence-corrected chi connectivity index (χ4v) is 3.17. The minimum atomic E-state index is -0.996. The van der Waals surface area contributed by atoms with Crippen LogP contribution in [0, 0.1) is 5.41 Å². The van der Waals surface area contributed by atoms with Gasteiger partial charge in [0, 0.05) is 10.6 Å². The van der Waals surface area contributed by atoms with Gasteiger partial charge in [-0.15, -0.1) is 23.1 Å². The molecule has 1 aromatic heterocycles. The Balaban J connectivity index is 2.39. The maximum atomic E-state index is 11.7. The lowest BCUT2D eigenvalue weighted by Crippen LogP contribution is -2.49. The minimum absolute atomic E-state index is 0.233. The van der Waals surface area contributed by atoms with E-state index in [2.05, 4.69) is 5.32 Å². The molecule has 0 unspecified atom stereocenters. The van der Waals surface area contributed by atoms with Gasteiger partial charge in [0.1, 0.15) is 6.04 Å². The predicted molar refractivity (Wildman–Crippen MR) is 79.5 cm³/mol. The van der Waals surface area contributed by atoms with Crippen LogP contribution in [-0.2, 0) is 15.3 Å². The molecular weight excluding hydrogens is 282 g/mol. The molecule has 6 heteroatoms. The third-order valence-electron chi connectivity index (χ3n) is 2.48. The van der Waals surface area contributed by atoms with Crippen molar-refractivity contribution in [3.63, 3.8) is 0 Å². The van der Waals surface area contributed by atoms with Crippen LogP contribution in [0.5, 0.6) is 0 Å². The first-order chi connectivity index (χ1) is 8.80. The van der Waals surface area contributed by atoms with Gasteiger partial charge in [-0.05, 0) is 16.9 Å². The highest BCUT2D eigenvalue weighted by Crippen LogP contribution is 2.20. The predicted octanol–water partition coefficient (Wildman–Crippen LogP) is 2.60. The maximum Gasteiger partial charge on any atom is 0.326 e. The van der Waals surface area contributed by atoms with E-state index in [0.717, 1.165) is 5.75 Å². The molecule has 106 valence electrons. The summed E-state index contributed by atoms with van der Waals surface area (Å²) < 4.78 is 0. The molecule has 1 aromatic rings. The molecule has 0 aliphatic rings. The quantitative estimate of drug-likeness (QED) is 0.847. The van der Waals surface area contributed by atoms with Crippen LogP contribution >= 0.6 is 23.1 Å². The van der Waals surface area contributed by atoms with Crippen molar-refractivity contribution >= 4 is 35.0 Å². The van der Waals surface area contributed by atoms with Crippen molar-refractivity contribution in [1.82, 2.24) is 5.32 Å². The summed E-state index contributed by atoms with van der Waals surface area (Å²) in [5, 5.41) is 13.7. The molecule has 0 radical (unpaired) electrons. The standard InChI is InChI=1S/C13H19NO3S2/c1-13(2,3)11(12(16)17)14-10(15)8-18-7-9-5-4-6-19-9/h4-6,11H,7-8H2,1-3H3,(H,14,15)(H,16,17)/t11-/m1/s1. The van der Waals surface area contributed by atoms with Crippen molar-refractivity contribution in [1.29, 1.82) is 0 Å². The lowest BCUT2D eigenvalue weighted by Gasteiger charge is -2.27. The maximum absolute atomic E-state index is 11.7. The fourth-order valence-electron chi connectivity index (χ4n) is 1.49. The first kappa shape index (κ1) is 16.0. The second-order valence-electron chi connectivity index (χ2n) is 5.28. The molecule has 1 atom stereocenters. The van der Waals surface area contributed by atoms with Gasteiger partial charge >= 0.3 is 5.97 Å². The highest BCUT2D eigenvalue weighted by molar-refractivity contribution is 7.99. The van der Waals surface area contributed by atoms with Crippen LogP contribution < -0.4 is 5.32 Å². The third-order valence-corrected chi connectivity index (χ3v) is 4.52. The summed E-state index contributed by atoms with van der Waals surface area (Å²) in [4.78, 5) is 24.1. The van der Waals surface area contributed by atoms with E-state index in [1.54, 1.807) is 32.1 Å². The average molecular weight is 301 g/mol. The minimum Gasteiger partial charge on any atom is -0.480 e. The first-order valence-electron chi connectivity index (χ1n) is 5.93. The summed E-state index contributed by atoms with van der Waals surface area (Å²) >= 11 is 3.14. The van der Waals surface area contributed by atoms with E-state index < -0.39 is 17.4 Å². The van der Waals surface area contributed by atoms with Crippen molar-refractivity contribution in [3.05, 3.63) is 22.4 Å². The Bertz CT molecular complexity index is 424. The molecular formula is C13H19NO3S2.